The Kier molecular flexibility index (Phi) is 4.71. The lowest BCUT2D eigenvalue weighted by Gasteiger charge is -2.41. The molecule has 112 valence electrons. The monoisotopic (exact) mass is 282 g/mol. The summed E-state index contributed by atoms with van der Waals surface area (Å²) in [5.74, 6) is 0. The second kappa shape index (κ2) is 5.95. The van der Waals surface area contributed by atoms with Gasteiger partial charge in [0.1, 0.15) is 36.6 Å². The maximum Gasteiger partial charge on any atom is 0.186 e. The van der Waals surface area contributed by atoms with Gasteiger partial charge in [-0.3, -0.25) is 0 Å². The zero-order valence-electron chi connectivity index (χ0n) is 9.94. The molecule has 0 aromatic rings. The Balaban J connectivity index is 1.99. The van der Waals surface area contributed by atoms with Gasteiger partial charge in [-0.1, -0.05) is 0 Å². The summed E-state index contributed by atoms with van der Waals surface area (Å²) in [5.41, 5.74) is 0. The second-order valence-corrected chi connectivity index (χ2v) is 4.63. The van der Waals surface area contributed by atoms with Crippen molar-refractivity contribution in [3.63, 3.8) is 0 Å². The van der Waals surface area contributed by atoms with Crippen LogP contribution in [0.5, 0.6) is 0 Å². The first-order valence-electron chi connectivity index (χ1n) is 5.89. The van der Waals surface area contributed by atoms with Crippen molar-refractivity contribution in [3.8, 4) is 0 Å². The Morgan fingerprint density at radius 1 is 0.737 bits per heavy atom. The van der Waals surface area contributed by atoms with E-state index in [9.17, 15) is 30.6 Å². The quantitative estimate of drug-likeness (QED) is 0.297. The van der Waals surface area contributed by atoms with Gasteiger partial charge in [-0.2, -0.15) is 0 Å². The summed E-state index contributed by atoms with van der Waals surface area (Å²) in [5, 5.41) is 57.0. The Morgan fingerprint density at radius 2 is 1.37 bits per heavy atom. The summed E-state index contributed by atoms with van der Waals surface area (Å²) < 4.78 is 14.8. The van der Waals surface area contributed by atoms with Crippen LogP contribution in [0, 0.1) is 0 Å². The van der Waals surface area contributed by atoms with Crippen molar-refractivity contribution < 1.29 is 44.8 Å². The topological polar surface area (TPSA) is 149 Å². The van der Waals surface area contributed by atoms with Crippen molar-refractivity contribution in [1.82, 2.24) is 0 Å². The predicted molar refractivity (Wildman–Crippen MR) is 56.6 cm³/mol. The van der Waals surface area contributed by atoms with Crippen LogP contribution < -0.4 is 0 Å². The molecule has 1 unspecified atom stereocenters. The van der Waals surface area contributed by atoms with Crippen LogP contribution in [0.4, 0.5) is 0 Å². The van der Waals surface area contributed by atoms with Gasteiger partial charge in [0.15, 0.2) is 12.6 Å². The molecule has 0 aromatic heterocycles. The fourth-order valence-electron chi connectivity index (χ4n) is 2.01. The van der Waals surface area contributed by atoms with Crippen molar-refractivity contribution in [1.29, 1.82) is 0 Å². The third-order valence-electron chi connectivity index (χ3n) is 3.19. The number of aliphatic hydroxyl groups is 6. The molecule has 9 heteroatoms. The van der Waals surface area contributed by atoms with E-state index in [-0.39, 0.29) is 13.2 Å². The summed E-state index contributed by atoms with van der Waals surface area (Å²) in [6.45, 7) is -0.516. The van der Waals surface area contributed by atoms with E-state index in [1.807, 2.05) is 0 Å². The minimum Gasteiger partial charge on any atom is -0.388 e. The van der Waals surface area contributed by atoms with E-state index >= 15 is 0 Å². The number of ether oxygens (including phenoxy) is 3. The minimum atomic E-state index is -1.54. The van der Waals surface area contributed by atoms with E-state index in [1.165, 1.54) is 0 Å². The molecule has 0 bridgehead atoms. The van der Waals surface area contributed by atoms with E-state index in [0.29, 0.717) is 0 Å². The number of hydrogen-bond donors (Lipinski definition) is 6. The SMILES string of the molecule is OC1OC[C@@H](O)[C@H](O[C@@H]2OC[C@@H](O)[C@H](O)[C@H]2O)[C@H]1O. The van der Waals surface area contributed by atoms with Crippen LogP contribution in [0.25, 0.3) is 0 Å². The molecular weight excluding hydrogens is 264 g/mol. The van der Waals surface area contributed by atoms with Gasteiger partial charge in [-0.25, -0.2) is 0 Å². The van der Waals surface area contributed by atoms with E-state index in [2.05, 4.69) is 4.74 Å². The largest absolute Gasteiger partial charge is 0.388 e. The average molecular weight is 282 g/mol. The molecule has 2 aliphatic rings. The summed E-state index contributed by atoms with van der Waals surface area (Å²) in [7, 11) is 0. The first kappa shape index (κ1) is 15.0. The van der Waals surface area contributed by atoms with Crippen molar-refractivity contribution in [2.75, 3.05) is 13.2 Å². The van der Waals surface area contributed by atoms with Crippen molar-refractivity contribution >= 4 is 0 Å². The van der Waals surface area contributed by atoms with E-state index in [1.54, 1.807) is 0 Å². The molecule has 6 N–H and O–H groups in total. The van der Waals surface area contributed by atoms with E-state index in [4.69, 9.17) is 9.47 Å². The van der Waals surface area contributed by atoms with E-state index in [0.717, 1.165) is 0 Å². The van der Waals surface area contributed by atoms with Gasteiger partial charge in [0, 0.05) is 0 Å². The lowest BCUT2D eigenvalue weighted by atomic mass is 10.0. The van der Waals surface area contributed by atoms with Crippen LogP contribution in [-0.4, -0.2) is 93.1 Å². The van der Waals surface area contributed by atoms with Crippen molar-refractivity contribution in [2.24, 2.45) is 0 Å². The lowest BCUT2D eigenvalue weighted by Crippen LogP contribution is -2.60. The molecule has 0 aliphatic carbocycles. The standard InChI is InChI=1S/C10H18O9/c11-3-1-18-10(6(14)5(3)13)19-8-4(12)2-17-9(16)7(8)15/h3-16H,1-2H2/t3-,4-,5+,6-,7-,8+,9?,10+/m1/s1. The maximum atomic E-state index is 9.66. The van der Waals surface area contributed by atoms with Crippen molar-refractivity contribution in [2.45, 2.75) is 49.2 Å². The zero-order valence-corrected chi connectivity index (χ0v) is 9.94. The number of rotatable bonds is 2. The van der Waals surface area contributed by atoms with Crippen molar-refractivity contribution in [3.05, 3.63) is 0 Å². The average Bonchev–Trinajstić information content (AvgIpc) is 2.39. The van der Waals surface area contributed by atoms with Gasteiger partial charge in [-0.05, 0) is 0 Å². The number of aliphatic hydroxyl groups excluding tert-OH is 6. The maximum absolute atomic E-state index is 9.66. The summed E-state index contributed by atoms with van der Waals surface area (Å²) in [6, 6.07) is 0. The highest BCUT2D eigenvalue weighted by Gasteiger charge is 2.45. The fourth-order valence-corrected chi connectivity index (χ4v) is 2.01. The summed E-state index contributed by atoms with van der Waals surface area (Å²) in [4.78, 5) is 0. The highest BCUT2D eigenvalue weighted by Crippen LogP contribution is 2.23. The highest BCUT2D eigenvalue weighted by molar-refractivity contribution is 4.87. The Hall–Kier alpha value is -0.360. The van der Waals surface area contributed by atoms with Gasteiger partial charge < -0.3 is 44.8 Å². The molecule has 2 aliphatic heterocycles. The van der Waals surface area contributed by atoms with Gasteiger partial charge in [0.05, 0.1) is 13.2 Å². The molecule has 8 atom stereocenters. The first-order chi connectivity index (χ1) is 8.91. The Morgan fingerprint density at radius 3 is 2.05 bits per heavy atom. The molecule has 9 nitrogen and oxygen atoms in total. The second-order valence-electron chi connectivity index (χ2n) is 4.63. The minimum absolute atomic E-state index is 0.253. The van der Waals surface area contributed by atoms with Crippen LogP contribution in [0.15, 0.2) is 0 Å². The highest BCUT2D eigenvalue weighted by atomic mass is 16.7. The predicted octanol–water partition coefficient (Wildman–Crippen LogP) is -4.12. The molecule has 0 saturated carbocycles. The molecule has 0 radical (unpaired) electrons. The smallest absolute Gasteiger partial charge is 0.186 e. The van der Waals surface area contributed by atoms with E-state index < -0.39 is 49.2 Å². The summed E-state index contributed by atoms with van der Waals surface area (Å²) >= 11 is 0. The van der Waals surface area contributed by atoms with Crippen LogP contribution in [0.2, 0.25) is 0 Å². The van der Waals surface area contributed by atoms with Crippen LogP contribution in [0.1, 0.15) is 0 Å². The van der Waals surface area contributed by atoms with Crippen LogP contribution >= 0.6 is 0 Å². The van der Waals surface area contributed by atoms with Crippen LogP contribution in [0.3, 0.4) is 0 Å². The molecule has 2 fully saturated rings. The van der Waals surface area contributed by atoms with Gasteiger partial charge in [0.25, 0.3) is 0 Å². The molecule has 19 heavy (non-hydrogen) atoms. The van der Waals surface area contributed by atoms with Gasteiger partial charge in [0.2, 0.25) is 0 Å². The Bertz CT molecular complexity index is 301. The molecule has 0 spiro atoms. The third kappa shape index (κ3) is 3.05. The first-order valence-corrected chi connectivity index (χ1v) is 5.89. The van der Waals surface area contributed by atoms with Gasteiger partial charge >= 0.3 is 0 Å². The summed E-state index contributed by atoms with van der Waals surface area (Å²) in [6.07, 6.45) is -11.1. The van der Waals surface area contributed by atoms with Gasteiger partial charge in [-0.15, -0.1) is 0 Å². The third-order valence-corrected chi connectivity index (χ3v) is 3.19. The molecular formula is C10H18O9. The molecule has 2 rings (SSSR count). The fraction of sp³-hybridized carbons (Fsp3) is 1.00. The molecule has 2 saturated heterocycles. The Labute approximate surface area is 108 Å². The lowest BCUT2D eigenvalue weighted by molar-refractivity contribution is -0.329. The molecule has 2 heterocycles. The van der Waals surface area contributed by atoms with Crippen LogP contribution in [-0.2, 0) is 14.2 Å². The number of hydrogen-bond acceptors (Lipinski definition) is 9. The molecule has 0 amide bonds. The normalized spacial score (nSPS) is 52.1. The zero-order chi connectivity index (χ0) is 14.2. The molecule has 0 aromatic carbocycles.